The molecule has 0 radical (unpaired) electrons. The van der Waals surface area contributed by atoms with E-state index in [2.05, 4.69) is 12.1 Å². The van der Waals surface area contributed by atoms with Crippen LogP contribution in [0, 0.1) is 0 Å². The number of nitrogens with zero attached hydrogens (tertiary/aromatic N) is 1. The molecule has 0 aliphatic carbocycles. The number of aryl methyl sites for hydroxylation is 1. The van der Waals surface area contributed by atoms with Crippen molar-refractivity contribution in [2.75, 3.05) is 25.4 Å². The molecule has 1 saturated heterocycles. The van der Waals surface area contributed by atoms with Crippen LogP contribution in [-0.2, 0) is 21.2 Å². The molecule has 112 valence electrons. The van der Waals surface area contributed by atoms with Crippen molar-refractivity contribution in [1.29, 1.82) is 0 Å². The second-order valence-electron chi connectivity index (χ2n) is 5.13. The minimum absolute atomic E-state index is 0.0359. The van der Waals surface area contributed by atoms with Gasteiger partial charge in [-0.25, -0.2) is 8.42 Å². The van der Waals surface area contributed by atoms with Crippen LogP contribution in [0.15, 0.2) is 30.3 Å². The third-order valence-electron chi connectivity index (χ3n) is 3.69. The van der Waals surface area contributed by atoms with Gasteiger partial charge in [0.05, 0.1) is 18.5 Å². The summed E-state index contributed by atoms with van der Waals surface area (Å²) < 4.78 is 31.0. The molecule has 1 aliphatic rings. The second-order valence-corrected chi connectivity index (χ2v) is 7.39. The summed E-state index contributed by atoms with van der Waals surface area (Å²) in [7, 11) is -3.08. The van der Waals surface area contributed by atoms with Gasteiger partial charge in [-0.3, -0.25) is 0 Å². The van der Waals surface area contributed by atoms with E-state index in [4.69, 9.17) is 4.74 Å². The fraction of sp³-hybridized carbons (Fsp3) is 0.600. The zero-order valence-electron chi connectivity index (χ0n) is 12.0. The molecule has 0 spiro atoms. The Labute approximate surface area is 121 Å². The maximum Gasteiger partial charge on any atom is 0.213 e. The molecule has 20 heavy (non-hydrogen) atoms. The minimum Gasteiger partial charge on any atom is -0.375 e. The van der Waals surface area contributed by atoms with E-state index in [-0.39, 0.29) is 11.9 Å². The van der Waals surface area contributed by atoms with E-state index in [9.17, 15) is 8.42 Å². The van der Waals surface area contributed by atoms with Gasteiger partial charge in [0, 0.05) is 13.1 Å². The lowest BCUT2D eigenvalue weighted by atomic mass is 10.1. The highest BCUT2D eigenvalue weighted by molar-refractivity contribution is 7.89. The molecule has 1 atom stereocenters. The van der Waals surface area contributed by atoms with Gasteiger partial charge in [-0.2, -0.15) is 4.31 Å². The summed E-state index contributed by atoms with van der Waals surface area (Å²) in [5, 5.41) is 0. The van der Waals surface area contributed by atoms with Crippen LogP contribution in [-0.4, -0.2) is 44.3 Å². The number of benzene rings is 1. The summed E-state index contributed by atoms with van der Waals surface area (Å²) in [6, 6.07) is 10.3. The van der Waals surface area contributed by atoms with Crippen LogP contribution in [0.5, 0.6) is 0 Å². The SMILES string of the molecule is CCS(=O)(=O)N1CCO[C@@H](CCCc2ccccc2)C1. The average molecular weight is 297 g/mol. The molecule has 1 aromatic carbocycles. The van der Waals surface area contributed by atoms with Crippen molar-refractivity contribution in [2.24, 2.45) is 0 Å². The molecule has 1 heterocycles. The van der Waals surface area contributed by atoms with Gasteiger partial charge in [-0.15, -0.1) is 0 Å². The summed E-state index contributed by atoms with van der Waals surface area (Å²) in [5.74, 6) is 0.170. The lowest BCUT2D eigenvalue weighted by Gasteiger charge is -2.32. The number of ether oxygens (including phenoxy) is 1. The van der Waals surface area contributed by atoms with Crippen LogP contribution in [0.2, 0.25) is 0 Å². The molecule has 0 unspecified atom stereocenters. The molecule has 4 nitrogen and oxygen atoms in total. The Bertz CT molecular complexity index is 501. The quantitative estimate of drug-likeness (QED) is 0.807. The van der Waals surface area contributed by atoms with E-state index in [1.165, 1.54) is 5.56 Å². The van der Waals surface area contributed by atoms with Gasteiger partial charge in [-0.05, 0) is 31.7 Å². The lowest BCUT2D eigenvalue weighted by molar-refractivity contribution is -0.00635. The van der Waals surface area contributed by atoms with Gasteiger partial charge in [0.15, 0.2) is 0 Å². The van der Waals surface area contributed by atoms with E-state index in [0.29, 0.717) is 19.7 Å². The van der Waals surface area contributed by atoms with Crippen molar-refractivity contribution >= 4 is 10.0 Å². The Morgan fingerprint density at radius 3 is 2.75 bits per heavy atom. The number of hydrogen-bond acceptors (Lipinski definition) is 3. The molecule has 1 fully saturated rings. The summed E-state index contributed by atoms with van der Waals surface area (Å²) >= 11 is 0. The zero-order chi connectivity index (χ0) is 14.4. The van der Waals surface area contributed by atoms with Crippen LogP contribution in [0.4, 0.5) is 0 Å². The predicted octanol–water partition coefficient (Wildman–Crippen LogP) is 2.06. The number of morpholine rings is 1. The van der Waals surface area contributed by atoms with Crippen molar-refractivity contribution < 1.29 is 13.2 Å². The Morgan fingerprint density at radius 1 is 1.30 bits per heavy atom. The molecular formula is C15H23NO3S. The molecule has 2 rings (SSSR count). The number of sulfonamides is 1. The van der Waals surface area contributed by atoms with Gasteiger partial charge >= 0.3 is 0 Å². The molecule has 0 amide bonds. The third kappa shape index (κ3) is 4.30. The largest absolute Gasteiger partial charge is 0.375 e. The van der Waals surface area contributed by atoms with E-state index in [0.717, 1.165) is 19.3 Å². The summed E-state index contributed by atoms with van der Waals surface area (Å²) in [5.41, 5.74) is 1.32. The van der Waals surface area contributed by atoms with Crippen molar-refractivity contribution in [2.45, 2.75) is 32.3 Å². The monoisotopic (exact) mass is 297 g/mol. The van der Waals surface area contributed by atoms with Crippen molar-refractivity contribution in [1.82, 2.24) is 4.31 Å². The van der Waals surface area contributed by atoms with Crippen molar-refractivity contribution in [3.8, 4) is 0 Å². The maximum atomic E-state index is 11.9. The smallest absolute Gasteiger partial charge is 0.213 e. The van der Waals surface area contributed by atoms with Crippen LogP contribution in [0.1, 0.15) is 25.3 Å². The predicted molar refractivity (Wildman–Crippen MR) is 80.2 cm³/mol. The lowest BCUT2D eigenvalue weighted by Crippen LogP contribution is -2.46. The second kappa shape index (κ2) is 7.20. The molecule has 1 aromatic rings. The van der Waals surface area contributed by atoms with Crippen molar-refractivity contribution in [3.05, 3.63) is 35.9 Å². The molecule has 1 aliphatic heterocycles. The molecule has 0 saturated carbocycles. The first kappa shape index (κ1) is 15.5. The van der Waals surface area contributed by atoms with Crippen LogP contribution in [0.25, 0.3) is 0 Å². The van der Waals surface area contributed by atoms with Gasteiger partial charge in [-0.1, -0.05) is 30.3 Å². The first-order chi connectivity index (χ1) is 9.62. The number of hydrogen-bond donors (Lipinski definition) is 0. The highest BCUT2D eigenvalue weighted by Gasteiger charge is 2.27. The van der Waals surface area contributed by atoms with Crippen LogP contribution < -0.4 is 0 Å². The minimum atomic E-state index is -3.08. The molecular weight excluding hydrogens is 274 g/mol. The fourth-order valence-corrected chi connectivity index (χ4v) is 3.59. The summed E-state index contributed by atoms with van der Waals surface area (Å²) in [4.78, 5) is 0. The van der Waals surface area contributed by atoms with Gasteiger partial charge in [0.25, 0.3) is 0 Å². The number of rotatable bonds is 6. The van der Waals surface area contributed by atoms with E-state index < -0.39 is 10.0 Å². The maximum absolute atomic E-state index is 11.9. The van der Waals surface area contributed by atoms with E-state index in [1.54, 1.807) is 11.2 Å². The molecule has 0 bridgehead atoms. The summed E-state index contributed by atoms with van der Waals surface area (Å²) in [6.07, 6.45) is 2.98. The van der Waals surface area contributed by atoms with Gasteiger partial charge in [0.2, 0.25) is 10.0 Å². The Kier molecular flexibility index (Phi) is 5.57. The first-order valence-electron chi connectivity index (χ1n) is 7.25. The van der Waals surface area contributed by atoms with Crippen LogP contribution >= 0.6 is 0 Å². The summed E-state index contributed by atoms with van der Waals surface area (Å²) in [6.45, 7) is 3.20. The Morgan fingerprint density at radius 2 is 2.05 bits per heavy atom. The van der Waals surface area contributed by atoms with Crippen LogP contribution in [0.3, 0.4) is 0 Å². The standard InChI is InChI=1S/C15H23NO3S/c1-2-20(17,18)16-11-12-19-15(13-16)10-6-9-14-7-4-3-5-8-14/h3-5,7-8,15H,2,6,9-13H2,1H3/t15-/m0/s1. The van der Waals surface area contributed by atoms with Crippen molar-refractivity contribution in [3.63, 3.8) is 0 Å². The van der Waals surface area contributed by atoms with E-state index in [1.807, 2.05) is 18.2 Å². The third-order valence-corrected chi connectivity index (χ3v) is 5.54. The van der Waals surface area contributed by atoms with Gasteiger partial charge in [0.1, 0.15) is 0 Å². The Hall–Kier alpha value is -0.910. The Balaban J connectivity index is 1.79. The molecule has 0 N–H and O–H groups in total. The van der Waals surface area contributed by atoms with Gasteiger partial charge < -0.3 is 4.74 Å². The first-order valence-corrected chi connectivity index (χ1v) is 8.86. The molecule has 0 aromatic heterocycles. The highest BCUT2D eigenvalue weighted by atomic mass is 32.2. The normalized spacial score (nSPS) is 20.9. The average Bonchev–Trinajstić information content (AvgIpc) is 2.49. The zero-order valence-corrected chi connectivity index (χ0v) is 12.8. The fourth-order valence-electron chi connectivity index (χ4n) is 2.48. The van der Waals surface area contributed by atoms with E-state index >= 15 is 0 Å². The highest BCUT2D eigenvalue weighted by Crippen LogP contribution is 2.15. The molecule has 5 heteroatoms. The topological polar surface area (TPSA) is 46.6 Å².